The second kappa shape index (κ2) is 5.66. The smallest absolute Gasteiger partial charge is 0.307 e. The quantitative estimate of drug-likeness (QED) is 0.866. The summed E-state index contributed by atoms with van der Waals surface area (Å²) in [6.07, 6.45) is 0.644. The molecule has 0 aromatic heterocycles. The molecule has 5 heteroatoms. The molecule has 5 nitrogen and oxygen atoms in total. The summed E-state index contributed by atoms with van der Waals surface area (Å²) in [5.74, 6) is -0.162. The first-order valence-electron chi connectivity index (χ1n) is 7.32. The molecule has 2 aliphatic heterocycles. The van der Waals surface area contributed by atoms with Gasteiger partial charge in [0.1, 0.15) is 5.75 Å². The van der Waals surface area contributed by atoms with Crippen LogP contribution in [0.5, 0.6) is 5.75 Å². The first-order valence-corrected chi connectivity index (χ1v) is 7.32. The molecule has 0 amide bonds. The fourth-order valence-electron chi connectivity index (χ4n) is 2.77. The fraction of sp³-hybridized carbons (Fsp3) is 0.562. The summed E-state index contributed by atoms with van der Waals surface area (Å²) < 4.78 is 11.0. The number of rotatable bonds is 5. The molecule has 2 unspecified atom stereocenters. The number of hydrogen-bond donors (Lipinski definition) is 2. The van der Waals surface area contributed by atoms with E-state index >= 15 is 0 Å². The van der Waals surface area contributed by atoms with Gasteiger partial charge in [-0.25, -0.2) is 0 Å². The van der Waals surface area contributed by atoms with Gasteiger partial charge < -0.3 is 19.9 Å². The predicted octanol–water partition coefficient (Wildman–Crippen LogP) is 1.84. The molecule has 21 heavy (non-hydrogen) atoms. The number of aliphatic carboxylic acids is 1. The van der Waals surface area contributed by atoms with Gasteiger partial charge in [-0.2, -0.15) is 0 Å². The number of ether oxygens (including phenoxy) is 2. The number of carboxylic acids is 1. The lowest BCUT2D eigenvalue weighted by molar-refractivity contribution is -0.141. The Bertz CT molecular complexity index is 510. The molecule has 0 saturated carbocycles. The van der Waals surface area contributed by atoms with Gasteiger partial charge in [0.15, 0.2) is 0 Å². The van der Waals surface area contributed by atoms with E-state index in [0.717, 1.165) is 24.5 Å². The molecule has 2 atom stereocenters. The second-order valence-corrected chi connectivity index (χ2v) is 6.39. The van der Waals surface area contributed by atoms with E-state index in [2.05, 4.69) is 12.2 Å². The summed E-state index contributed by atoms with van der Waals surface area (Å²) in [4.78, 5) is 11.0. The molecule has 0 spiro atoms. The van der Waals surface area contributed by atoms with Gasteiger partial charge in [-0.05, 0) is 24.1 Å². The van der Waals surface area contributed by atoms with Gasteiger partial charge in [0, 0.05) is 18.0 Å². The summed E-state index contributed by atoms with van der Waals surface area (Å²) in [7, 11) is 0. The molecule has 2 aliphatic rings. The molecular weight excluding hydrogens is 270 g/mol. The van der Waals surface area contributed by atoms with Gasteiger partial charge in [-0.15, -0.1) is 0 Å². The molecule has 1 aromatic carbocycles. The topological polar surface area (TPSA) is 67.8 Å². The van der Waals surface area contributed by atoms with Crippen LogP contribution in [0.25, 0.3) is 0 Å². The molecule has 0 radical (unpaired) electrons. The highest BCUT2D eigenvalue weighted by atomic mass is 16.5. The van der Waals surface area contributed by atoms with Crippen molar-refractivity contribution in [1.29, 1.82) is 0 Å². The molecular formula is C16H21NO4. The van der Waals surface area contributed by atoms with E-state index in [1.807, 2.05) is 24.3 Å². The van der Waals surface area contributed by atoms with Gasteiger partial charge in [0.05, 0.1) is 25.7 Å². The van der Waals surface area contributed by atoms with E-state index in [1.54, 1.807) is 0 Å². The van der Waals surface area contributed by atoms with Gasteiger partial charge in [0.25, 0.3) is 0 Å². The molecule has 2 fully saturated rings. The van der Waals surface area contributed by atoms with Crippen molar-refractivity contribution in [3.8, 4) is 5.75 Å². The Morgan fingerprint density at radius 2 is 2.14 bits per heavy atom. The van der Waals surface area contributed by atoms with Crippen LogP contribution in [0.1, 0.15) is 24.9 Å². The lowest BCUT2D eigenvalue weighted by Gasteiger charge is -2.37. The Labute approximate surface area is 124 Å². The highest BCUT2D eigenvalue weighted by Crippen LogP contribution is 2.30. The third-order valence-electron chi connectivity index (χ3n) is 4.25. The van der Waals surface area contributed by atoms with Crippen molar-refractivity contribution < 1.29 is 19.4 Å². The summed E-state index contributed by atoms with van der Waals surface area (Å²) in [5.41, 5.74) is 1.25. The van der Waals surface area contributed by atoms with Crippen LogP contribution in [0.3, 0.4) is 0 Å². The maximum absolute atomic E-state index is 11.0. The minimum Gasteiger partial charge on any atom is -0.493 e. The highest BCUT2D eigenvalue weighted by Gasteiger charge is 2.34. The van der Waals surface area contributed by atoms with Crippen molar-refractivity contribution in [3.63, 3.8) is 0 Å². The van der Waals surface area contributed by atoms with E-state index in [1.165, 1.54) is 0 Å². The maximum atomic E-state index is 11.0. The average Bonchev–Trinajstić information content (AvgIpc) is 2.93. The molecule has 0 bridgehead atoms. The van der Waals surface area contributed by atoms with Crippen molar-refractivity contribution in [2.75, 3.05) is 26.4 Å². The number of nitrogens with one attached hydrogen (secondary N) is 1. The van der Waals surface area contributed by atoms with Crippen molar-refractivity contribution >= 4 is 5.97 Å². The Hall–Kier alpha value is -1.59. The highest BCUT2D eigenvalue weighted by molar-refractivity contribution is 5.70. The Kier molecular flexibility index (Phi) is 3.87. The molecule has 114 valence electrons. The first-order chi connectivity index (χ1) is 10.1. The summed E-state index contributed by atoms with van der Waals surface area (Å²) >= 11 is 0. The van der Waals surface area contributed by atoms with Crippen LogP contribution in [0, 0.1) is 11.3 Å². The Morgan fingerprint density at radius 1 is 1.43 bits per heavy atom. The van der Waals surface area contributed by atoms with Crippen molar-refractivity contribution in [2.45, 2.75) is 19.4 Å². The molecule has 2 N–H and O–H groups in total. The lowest BCUT2D eigenvalue weighted by atomic mass is 9.90. The lowest BCUT2D eigenvalue weighted by Crippen LogP contribution is -2.44. The summed E-state index contributed by atoms with van der Waals surface area (Å²) in [5, 5.41) is 12.3. The minimum atomic E-state index is -0.721. The van der Waals surface area contributed by atoms with E-state index < -0.39 is 5.97 Å². The number of carboxylic acid groups (broad SMARTS) is 1. The van der Waals surface area contributed by atoms with Gasteiger partial charge in [0.2, 0.25) is 0 Å². The molecule has 3 rings (SSSR count). The van der Waals surface area contributed by atoms with Crippen molar-refractivity contribution in [2.24, 2.45) is 11.3 Å². The Balaban J connectivity index is 1.55. The Morgan fingerprint density at radius 3 is 2.67 bits per heavy atom. The maximum Gasteiger partial charge on any atom is 0.307 e. The zero-order chi connectivity index (χ0) is 14.9. The van der Waals surface area contributed by atoms with E-state index in [0.29, 0.717) is 19.6 Å². The van der Waals surface area contributed by atoms with Crippen LogP contribution in [-0.4, -0.2) is 37.4 Å². The predicted molar refractivity (Wildman–Crippen MR) is 77.3 cm³/mol. The van der Waals surface area contributed by atoms with E-state index in [4.69, 9.17) is 14.6 Å². The van der Waals surface area contributed by atoms with Crippen LogP contribution in [0.15, 0.2) is 24.3 Å². The van der Waals surface area contributed by atoms with Gasteiger partial charge in [-0.1, -0.05) is 19.1 Å². The summed E-state index contributed by atoms with van der Waals surface area (Å²) in [6.45, 7) is 4.87. The van der Waals surface area contributed by atoms with Crippen LogP contribution in [0.2, 0.25) is 0 Å². The molecule has 1 aromatic rings. The number of benzene rings is 1. The zero-order valence-electron chi connectivity index (χ0n) is 12.2. The minimum absolute atomic E-state index is 0.123. The molecule has 0 aliphatic carbocycles. The first kappa shape index (κ1) is 14.4. The normalized spacial score (nSPS) is 27.1. The van der Waals surface area contributed by atoms with Crippen molar-refractivity contribution in [1.82, 2.24) is 5.32 Å². The third kappa shape index (κ3) is 3.19. The average molecular weight is 291 g/mol. The van der Waals surface area contributed by atoms with Crippen LogP contribution >= 0.6 is 0 Å². The van der Waals surface area contributed by atoms with E-state index in [9.17, 15) is 4.79 Å². The van der Waals surface area contributed by atoms with E-state index in [-0.39, 0.29) is 17.4 Å². The second-order valence-electron chi connectivity index (χ2n) is 6.39. The van der Waals surface area contributed by atoms with Crippen molar-refractivity contribution in [3.05, 3.63) is 29.8 Å². The SMILES string of the molecule is CC1(COc2ccc(C3CC(C(=O)O)CN3)cc2)COC1. The monoisotopic (exact) mass is 291 g/mol. The van der Waals surface area contributed by atoms with Crippen LogP contribution in [0.4, 0.5) is 0 Å². The fourth-order valence-corrected chi connectivity index (χ4v) is 2.77. The summed E-state index contributed by atoms with van der Waals surface area (Å²) in [6, 6.07) is 8.05. The van der Waals surface area contributed by atoms with Gasteiger partial charge in [-0.3, -0.25) is 4.79 Å². The largest absolute Gasteiger partial charge is 0.493 e. The molecule has 2 heterocycles. The number of hydrogen-bond acceptors (Lipinski definition) is 4. The molecule has 2 saturated heterocycles. The zero-order valence-corrected chi connectivity index (χ0v) is 12.2. The third-order valence-corrected chi connectivity index (χ3v) is 4.25. The van der Waals surface area contributed by atoms with Crippen LogP contribution < -0.4 is 10.1 Å². The van der Waals surface area contributed by atoms with Gasteiger partial charge >= 0.3 is 5.97 Å². The standard InChI is InChI=1S/C16H21NO4/c1-16(8-20-9-16)10-21-13-4-2-11(3-5-13)14-6-12(7-17-14)15(18)19/h2-5,12,14,17H,6-10H2,1H3,(H,18,19). The number of carbonyl (C=O) groups is 1. The van der Waals surface area contributed by atoms with Crippen LogP contribution in [-0.2, 0) is 9.53 Å².